The first-order valence-electron chi connectivity index (χ1n) is 9.35. The zero-order chi connectivity index (χ0) is 19.5. The molecule has 0 bridgehead atoms. The summed E-state index contributed by atoms with van der Waals surface area (Å²) in [4.78, 5) is 17.2. The maximum atomic E-state index is 12.5. The summed E-state index contributed by atoms with van der Waals surface area (Å²) in [5, 5.41) is 9.98. The maximum absolute atomic E-state index is 12.5. The van der Waals surface area contributed by atoms with E-state index in [0.29, 0.717) is 17.1 Å². The number of rotatable bonds is 4. The smallest absolute Gasteiger partial charge is 0.256 e. The van der Waals surface area contributed by atoms with Gasteiger partial charge < -0.3 is 20.9 Å². The molecule has 0 unspecified atom stereocenters. The Morgan fingerprint density at radius 2 is 1.71 bits per heavy atom. The number of anilines is 3. The van der Waals surface area contributed by atoms with E-state index in [1.807, 2.05) is 54.6 Å². The molecule has 1 saturated heterocycles. The van der Waals surface area contributed by atoms with Gasteiger partial charge in [-0.05, 0) is 43.4 Å². The van der Waals surface area contributed by atoms with Crippen LogP contribution in [-0.4, -0.2) is 54.2 Å². The van der Waals surface area contributed by atoms with Gasteiger partial charge in [-0.25, -0.2) is 0 Å². The van der Waals surface area contributed by atoms with Crippen molar-refractivity contribution in [1.82, 2.24) is 15.1 Å². The molecule has 0 spiro atoms. The Labute approximate surface area is 164 Å². The fourth-order valence-electron chi connectivity index (χ4n) is 3.27. The molecule has 3 aromatic rings. The van der Waals surface area contributed by atoms with Gasteiger partial charge in [0, 0.05) is 54.7 Å². The summed E-state index contributed by atoms with van der Waals surface area (Å²) in [5.74, 6) is 0.386. The van der Waals surface area contributed by atoms with Crippen LogP contribution in [0.4, 0.5) is 17.2 Å². The number of nitrogens with zero attached hydrogens (tertiary/aromatic N) is 3. The SMILES string of the molecule is CN1CCN(c2ccc(C(=O)Nc3cc(-c4ccc(N)cc4)n[nH]3)cc2)CC1. The lowest BCUT2D eigenvalue weighted by Crippen LogP contribution is -2.44. The molecule has 144 valence electrons. The standard InChI is InChI=1S/C21H24N6O/c1-26-10-12-27(13-11-26)18-8-4-16(5-9-18)21(28)23-20-14-19(24-25-20)15-2-6-17(22)7-3-15/h2-9,14H,10-13,22H2,1H3,(H2,23,24,25,28). The number of nitrogens with two attached hydrogens (primary N) is 1. The molecular formula is C21H24N6O. The normalized spacial score (nSPS) is 14.8. The molecule has 0 radical (unpaired) electrons. The van der Waals surface area contributed by atoms with Crippen molar-refractivity contribution in [2.75, 3.05) is 49.2 Å². The van der Waals surface area contributed by atoms with Gasteiger partial charge in [-0.1, -0.05) is 12.1 Å². The molecule has 2 aromatic carbocycles. The van der Waals surface area contributed by atoms with Gasteiger partial charge >= 0.3 is 0 Å². The molecule has 1 aliphatic heterocycles. The number of aromatic amines is 1. The van der Waals surface area contributed by atoms with E-state index in [4.69, 9.17) is 5.73 Å². The average molecular weight is 376 g/mol. The highest BCUT2D eigenvalue weighted by Gasteiger charge is 2.15. The second kappa shape index (κ2) is 7.74. The Kier molecular flexibility index (Phi) is 4.99. The monoisotopic (exact) mass is 376 g/mol. The number of hydrogen-bond donors (Lipinski definition) is 3. The number of nitrogen functional groups attached to an aromatic ring is 1. The topological polar surface area (TPSA) is 90.3 Å². The van der Waals surface area contributed by atoms with Gasteiger partial charge in [0.15, 0.2) is 0 Å². The van der Waals surface area contributed by atoms with Crippen LogP contribution in [0.2, 0.25) is 0 Å². The van der Waals surface area contributed by atoms with Gasteiger partial charge in [-0.3, -0.25) is 9.89 Å². The molecule has 7 heteroatoms. The fraction of sp³-hybridized carbons (Fsp3) is 0.238. The van der Waals surface area contributed by atoms with Crippen LogP contribution in [0.3, 0.4) is 0 Å². The first-order chi connectivity index (χ1) is 13.6. The van der Waals surface area contributed by atoms with Crippen LogP contribution < -0.4 is 16.0 Å². The summed E-state index contributed by atoms with van der Waals surface area (Å²) in [6.07, 6.45) is 0. The Hall–Kier alpha value is -3.32. The number of amides is 1. The predicted octanol–water partition coefficient (Wildman–Crippen LogP) is 2.66. The molecule has 4 rings (SSSR count). The van der Waals surface area contributed by atoms with Crippen molar-refractivity contribution >= 4 is 23.1 Å². The first-order valence-corrected chi connectivity index (χ1v) is 9.35. The van der Waals surface area contributed by atoms with Gasteiger partial charge in [0.25, 0.3) is 5.91 Å². The highest BCUT2D eigenvalue weighted by Crippen LogP contribution is 2.22. The Balaban J connectivity index is 1.40. The minimum atomic E-state index is -0.169. The van der Waals surface area contributed by atoms with Gasteiger partial charge in [0.1, 0.15) is 5.82 Å². The minimum absolute atomic E-state index is 0.169. The highest BCUT2D eigenvalue weighted by atomic mass is 16.1. The number of carbonyl (C=O) groups excluding carboxylic acids is 1. The second-order valence-electron chi connectivity index (χ2n) is 7.08. The Morgan fingerprint density at radius 1 is 1.04 bits per heavy atom. The fourth-order valence-corrected chi connectivity index (χ4v) is 3.27. The molecule has 2 heterocycles. The zero-order valence-electron chi connectivity index (χ0n) is 15.9. The lowest BCUT2D eigenvalue weighted by Gasteiger charge is -2.34. The number of carbonyl (C=O) groups is 1. The van der Waals surface area contributed by atoms with Crippen molar-refractivity contribution in [1.29, 1.82) is 0 Å². The highest BCUT2D eigenvalue weighted by molar-refractivity contribution is 6.04. The summed E-state index contributed by atoms with van der Waals surface area (Å²) in [6.45, 7) is 4.12. The molecule has 0 aliphatic carbocycles. The Morgan fingerprint density at radius 3 is 2.39 bits per heavy atom. The summed E-state index contributed by atoms with van der Waals surface area (Å²) in [5.41, 5.74) is 9.86. The number of likely N-dealkylation sites (N-methyl/N-ethyl adjacent to an activating group) is 1. The molecule has 0 saturated carbocycles. The van der Waals surface area contributed by atoms with E-state index in [-0.39, 0.29) is 5.91 Å². The van der Waals surface area contributed by atoms with Crippen molar-refractivity contribution in [2.45, 2.75) is 0 Å². The largest absolute Gasteiger partial charge is 0.399 e. The molecule has 7 nitrogen and oxygen atoms in total. The summed E-state index contributed by atoms with van der Waals surface area (Å²) in [6, 6.07) is 17.0. The van der Waals surface area contributed by atoms with Crippen molar-refractivity contribution in [3.8, 4) is 11.3 Å². The van der Waals surface area contributed by atoms with E-state index in [9.17, 15) is 4.79 Å². The number of aromatic nitrogens is 2. The van der Waals surface area contributed by atoms with Gasteiger partial charge in [0.2, 0.25) is 0 Å². The van der Waals surface area contributed by atoms with Crippen molar-refractivity contribution in [2.24, 2.45) is 0 Å². The number of H-pyrrole nitrogens is 1. The molecule has 1 aliphatic rings. The number of hydrogen-bond acceptors (Lipinski definition) is 5. The zero-order valence-corrected chi connectivity index (χ0v) is 15.9. The molecule has 0 atom stereocenters. The maximum Gasteiger partial charge on any atom is 0.256 e. The summed E-state index contributed by atoms with van der Waals surface area (Å²) in [7, 11) is 2.14. The summed E-state index contributed by atoms with van der Waals surface area (Å²) < 4.78 is 0. The van der Waals surface area contributed by atoms with Gasteiger partial charge in [0.05, 0.1) is 5.69 Å². The molecule has 28 heavy (non-hydrogen) atoms. The van der Waals surface area contributed by atoms with Crippen LogP contribution in [0.15, 0.2) is 54.6 Å². The minimum Gasteiger partial charge on any atom is -0.399 e. The van der Waals surface area contributed by atoms with Crippen molar-refractivity contribution in [3.05, 3.63) is 60.2 Å². The number of nitrogens with one attached hydrogen (secondary N) is 2. The third kappa shape index (κ3) is 3.99. The molecule has 1 amide bonds. The second-order valence-corrected chi connectivity index (χ2v) is 7.08. The number of benzene rings is 2. The van der Waals surface area contributed by atoms with E-state index in [0.717, 1.165) is 43.1 Å². The van der Waals surface area contributed by atoms with E-state index in [1.165, 1.54) is 0 Å². The van der Waals surface area contributed by atoms with Crippen LogP contribution >= 0.6 is 0 Å². The van der Waals surface area contributed by atoms with Crippen LogP contribution in [0.25, 0.3) is 11.3 Å². The third-order valence-electron chi connectivity index (χ3n) is 5.03. The average Bonchev–Trinajstić information content (AvgIpc) is 3.18. The lowest BCUT2D eigenvalue weighted by atomic mass is 10.1. The molecule has 4 N–H and O–H groups in total. The van der Waals surface area contributed by atoms with Crippen LogP contribution in [0, 0.1) is 0 Å². The van der Waals surface area contributed by atoms with Crippen LogP contribution in [0.1, 0.15) is 10.4 Å². The molecule has 1 aromatic heterocycles. The lowest BCUT2D eigenvalue weighted by molar-refractivity contribution is 0.102. The van der Waals surface area contributed by atoms with Crippen LogP contribution in [0.5, 0.6) is 0 Å². The van der Waals surface area contributed by atoms with E-state index >= 15 is 0 Å². The number of piperazine rings is 1. The Bertz CT molecular complexity index is 940. The molecular weight excluding hydrogens is 352 g/mol. The van der Waals surface area contributed by atoms with E-state index < -0.39 is 0 Å². The van der Waals surface area contributed by atoms with Gasteiger partial charge in [-0.2, -0.15) is 5.10 Å². The van der Waals surface area contributed by atoms with Gasteiger partial charge in [-0.15, -0.1) is 0 Å². The first kappa shape index (κ1) is 18.1. The quantitative estimate of drug-likeness (QED) is 0.609. The van der Waals surface area contributed by atoms with Crippen LogP contribution in [-0.2, 0) is 0 Å². The molecule has 1 fully saturated rings. The van der Waals surface area contributed by atoms with E-state index in [1.54, 1.807) is 0 Å². The van der Waals surface area contributed by atoms with E-state index in [2.05, 4.69) is 32.4 Å². The summed E-state index contributed by atoms with van der Waals surface area (Å²) >= 11 is 0. The van der Waals surface area contributed by atoms with Crippen molar-refractivity contribution < 1.29 is 4.79 Å². The predicted molar refractivity (Wildman–Crippen MR) is 113 cm³/mol. The van der Waals surface area contributed by atoms with Crippen molar-refractivity contribution in [3.63, 3.8) is 0 Å². The third-order valence-corrected chi connectivity index (χ3v) is 5.03.